The predicted molar refractivity (Wildman–Crippen MR) is 95.8 cm³/mol. The third-order valence-electron chi connectivity index (χ3n) is 4.56. The number of benzene rings is 2. The van der Waals surface area contributed by atoms with E-state index in [0.717, 1.165) is 29.2 Å². The van der Waals surface area contributed by atoms with E-state index < -0.39 is 0 Å². The molecule has 0 unspecified atom stereocenters. The van der Waals surface area contributed by atoms with E-state index in [9.17, 15) is 0 Å². The Morgan fingerprint density at radius 3 is 2.26 bits per heavy atom. The summed E-state index contributed by atoms with van der Waals surface area (Å²) in [4.78, 5) is 0. The van der Waals surface area contributed by atoms with E-state index in [0.29, 0.717) is 0 Å². The van der Waals surface area contributed by atoms with Gasteiger partial charge in [0.2, 0.25) is 0 Å². The van der Waals surface area contributed by atoms with Crippen LogP contribution in [0.3, 0.4) is 0 Å². The Morgan fingerprint density at radius 1 is 0.957 bits per heavy atom. The lowest BCUT2D eigenvalue weighted by Crippen LogP contribution is -2.22. The molecule has 2 aromatic carbocycles. The van der Waals surface area contributed by atoms with Crippen molar-refractivity contribution in [2.24, 2.45) is 5.41 Å². The lowest BCUT2D eigenvalue weighted by Gasteiger charge is -2.34. The number of nitrogens with two attached hydrogens (primary N) is 1. The van der Waals surface area contributed by atoms with Crippen molar-refractivity contribution in [1.29, 1.82) is 0 Å². The topological polar surface area (TPSA) is 44.5 Å². The maximum absolute atomic E-state index is 6.27. The molecule has 0 saturated carbocycles. The van der Waals surface area contributed by atoms with Gasteiger partial charge in [-0.2, -0.15) is 0 Å². The zero-order chi connectivity index (χ0) is 16.6. The summed E-state index contributed by atoms with van der Waals surface area (Å²) in [5.74, 6) is 1.69. The Morgan fingerprint density at radius 2 is 1.61 bits per heavy atom. The predicted octanol–water partition coefficient (Wildman–Crippen LogP) is 4.41. The minimum absolute atomic E-state index is 0.00206. The summed E-state index contributed by atoms with van der Waals surface area (Å²) in [7, 11) is 3.36. The van der Waals surface area contributed by atoms with Gasteiger partial charge in [-0.15, -0.1) is 0 Å². The number of anilines is 1. The van der Waals surface area contributed by atoms with Crippen LogP contribution in [-0.4, -0.2) is 14.2 Å². The van der Waals surface area contributed by atoms with Crippen molar-refractivity contribution >= 4 is 17.3 Å². The summed E-state index contributed by atoms with van der Waals surface area (Å²) in [5.41, 5.74) is 11.9. The summed E-state index contributed by atoms with van der Waals surface area (Å²) >= 11 is 0. The fourth-order valence-corrected chi connectivity index (χ4v) is 3.28. The van der Waals surface area contributed by atoms with Crippen molar-refractivity contribution in [1.82, 2.24) is 0 Å². The van der Waals surface area contributed by atoms with Gasteiger partial charge in [0.1, 0.15) is 11.5 Å². The minimum atomic E-state index is 0.00206. The summed E-state index contributed by atoms with van der Waals surface area (Å²) in [5, 5.41) is 0. The average molecular weight is 309 g/mol. The highest BCUT2D eigenvalue weighted by Crippen LogP contribution is 2.46. The molecule has 2 N–H and O–H groups in total. The standard InChI is InChI=1S/C20H23NO2/c1-20(2)12-14-9-15(22-3)6-5-13(14)10-18(20)17-8-7-16(23-4)11-19(17)21/h5-11H,12,21H2,1-4H3. The molecule has 23 heavy (non-hydrogen) atoms. The second-order valence-corrected chi connectivity index (χ2v) is 6.64. The number of rotatable bonds is 3. The van der Waals surface area contributed by atoms with Crippen molar-refractivity contribution < 1.29 is 9.47 Å². The Hall–Kier alpha value is -2.42. The molecule has 0 bridgehead atoms. The van der Waals surface area contributed by atoms with Crippen LogP contribution in [0.5, 0.6) is 11.5 Å². The van der Waals surface area contributed by atoms with Crippen LogP contribution >= 0.6 is 0 Å². The van der Waals surface area contributed by atoms with Gasteiger partial charge in [-0.1, -0.05) is 26.0 Å². The molecule has 1 aliphatic carbocycles. The lowest BCUT2D eigenvalue weighted by atomic mass is 9.70. The highest BCUT2D eigenvalue weighted by molar-refractivity contribution is 5.91. The van der Waals surface area contributed by atoms with Crippen LogP contribution in [0.15, 0.2) is 36.4 Å². The molecule has 0 fully saturated rings. The normalized spacial score (nSPS) is 15.6. The van der Waals surface area contributed by atoms with Gasteiger partial charge in [-0.25, -0.2) is 0 Å². The largest absolute Gasteiger partial charge is 0.497 e. The number of hydrogen-bond acceptors (Lipinski definition) is 3. The number of hydrogen-bond donors (Lipinski definition) is 1. The first kappa shape index (κ1) is 15.5. The molecule has 0 aliphatic heterocycles. The first-order valence-corrected chi connectivity index (χ1v) is 7.77. The average Bonchev–Trinajstić information content (AvgIpc) is 2.53. The Labute approximate surface area is 137 Å². The number of allylic oxidation sites excluding steroid dienone is 1. The van der Waals surface area contributed by atoms with Crippen LogP contribution in [0, 0.1) is 5.41 Å². The number of nitrogen functional groups attached to an aromatic ring is 1. The van der Waals surface area contributed by atoms with Gasteiger partial charge in [-0.3, -0.25) is 0 Å². The number of ether oxygens (including phenoxy) is 2. The van der Waals surface area contributed by atoms with Crippen LogP contribution in [-0.2, 0) is 6.42 Å². The summed E-state index contributed by atoms with van der Waals surface area (Å²) in [6, 6.07) is 12.1. The maximum atomic E-state index is 6.27. The Kier molecular flexibility index (Phi) is 3.80. The lowest BCUT2D eigenvalue weighted by molar-refractivity contribution is 0.412. The van der Waals surface area contributed by atoms with E-state index in [-0.39, 0.29) is 5.41 Å². The molecule has 0 atom stereocenters. The van der Waals surface area contributed by atoms with E-state index in [4.69, 9.17) is 15.2 Å². The van der Waals surface area contributed by atoms with Crippen LogP contribution in [0.25, 0.3) is 11.6 Å². The molecular weight excluding hydrogens is 286 g/mol. The van der Waals surface area contributed by atoms with Crippen molar-refractivity contribution in [3.63, 3.8) is 0 Å². The van der Waals surface area contributed by atoms with Crippen molar-refractivity contribution in [3.05, 3.63) is 53.1 Å². The number of methoxy groups -OCH3 is 2. The van der Waals surface area contributed by atoms with Gasteiger partial charge in [-0.05, 0) is 52.8 Å². The molecule has 3 nitrogen and oxygen atoms in total. The molecule has 0 aromatic heterocycles. The first-order chi connectivity index (χ1) is 10.9. The fourth-order valence-electron chi connectivity index (χ4n) is 3.28. The molecular formula is C20H23NO2. The molecule has 3 rings (SSSR count). The maximum Gasteiger partial charge on any atom is 0.120 e. The quantitative estimate of drug-likeness (QED) is 0.854. The monoisotopic (exact) mass is 309 g/mol. The third-order valence-corrected chi connectivity index (χ3v) is 4.56. The van der Waals surface area contributed by atoms with Crippen LogP contribution in [0.2, 0.25) is 0 Å². The first-order valence-electron chi connectivity index (χ1n) is 7.77. The van der Waals surface area contributed by atoms with Gasteiger partial charge in [0.25, 0.3) is 0 Å². The highest BCUT2D eigenvalue weighted by atomic mass is 16.5. The zero-order valence-corrected chi connectivity index (χ0v) is 14.1. The third kappa shape index (κ3) is 2.79. The van der Waals surface area contributed by atoms with E-state index in [2.05, 4.69) is 38.1 Å². The van der Waals surface area contributed by atoms with Crippen molar-refractivity contribution in [3.8, 4) is 11.5 Å². The van der Waals surface area contributed by atoms with Gasteiger partial charge >= 0.3 is 0 Å². The zero-order valence-electron chi connectivity index (χ0n) is 14.1. The minimum Gasteiger partial charge on any atom is -0.497 e. The summed E-state index contributed by atoms with van der Waals surface area (Å²) in [6.45, 7) is 4.51. The van der Waals surface area contributed by atoms with Gasteiger partial charge < -0.3 is 15.2 Å². The molecule has 2 aromatic rings. The van der Waals surface area contributed by atoms with Gasteiger partial charge in [0, 0.05) is 17.3 Å². The molecule has 1 aliphatic rings. The fraction of sp³-hybridized carbons (Fsp3) is 0.300. The Bertz CT molecular complexity index is 775. The van der Waals surface area contributed by atoms with Crippen molar-refractivity contribution in [2.75, 3.05) is 20.0 Å². The molecule has 0 saturated heterocycles. The SMILES string of the molecule is COc1ccc(C2=Cc3ccc(OC)cc3CC2(C)C)c(N)c1. The molecule has 120 valence electrons. The van der Waals surface area contributed by atoms with E-state index in [1.165, 1.54) is 16.7 Å². The van der Waals surface area contributed by atoms with E-state index in [1.807, 2.05) is 18.2 Å². The smallest absolute Gasteiger partial charge is 0.120 e. The second kappa shape index (κ2) is 5.65. The molecule has 0 amide bonds. The van der Waals surface area contributed by atoms with Gasteiger partial charge in [0.15, 0.2) is 0 Å². The molecule has 0 radical (unpaired) electrons. The Balaban J connectivity index is 2.11. The number of fused-ring (bicyclic) bond motifs is 1. The van der Waals surface area contributed by atoms with Gasteiger partial charge in [0.05, 0.1) is 14.2 Å². The van der Waals surface area contributed by atoms with E-state index in [1.54, 1.807) is 14.2 Å². The van der Waals surface area contributed by atoms with Crippen LogP contribution in [0.4, 0.5) is 5.69 Å². The molecule has 0 heterocycles. The van der Waals surface area contributed by atoms with Crippen LogP contribution < -0.4 is 15.2 Å². The molecule has 3 heteroatoms. The summed E-state index contributed by atoms with van der Waals surface area (Å²) in [6.07, 6.45) is 3.20. The second-order valence-electron chi connectivity index (χ2n) is 6.64. The van der Waals surface area contributed by atoms with Crippen molar-refractivity contribution in [2.45, 2.75) is 20.3 Å². The summed E-state index contributed by atoms with van der Waals surface area (Å²) < 4.78 is 10.6. The van der Waals surface area contributed by atoms with Crippen LogP contribution in [0.1, 0.15) is 30.5 Å². The molecule has 0 spiro atoms. The highest BCUT2D eigenvalue weighted by Gasteiger charge is 2.30. The van der Waals surface area contributed by atoms with E-state index >= 15 is 0 Å².